The summed E-state index contributed by atoms with van der Waals surface area (Å²) < 4.78 is 0.478. The molecule has 0 amide bonds. The Labute approximate surface area is 106 Å². The van der Waals surface area contributed by atoms with Gasteiger partial charge in [0.15, 0.2) is 0 Å². The van der Waals surface area contributed by atoms with Gasteiger partial charge in [-0.25, -0.2) is 0 Å². The molecule has 1 N–H and O–H groups in total. The monoisotopic (exact) mass is 244 g/mol. The summed E-state index contributed by atoms with van der Waals surface area (Å²) in [6, 6.07) is 0. The third-order valence-corrected chi connectivity index (χ3v) is 4.39. The van der Waals surface area contributed by atoms with Gasteiger partial charge in [0, 0.05) is 35.7 Å². The summed E-state index contributed by atoms with van der Waals surface area (Å²) in [7, 11) is 0. The lowest BCUT2D eigenvalue weighted by molar-refractivity contribution is 0.270. The molecule has 0 unspecified atom stereocenters. The highest BCUT2D eigenvalue weighted by Gasteiger charge is 2.23. The first kappa shape index (κ1) is 14.3. The van der Waals surface area contributed by atoms with E-state index in [1.165, 1.54) is 31.8 Å². The van der Waals surface area contributed by atoms with Crippen molar-refractivity contribution in [2.45, 2.75) is 51.3 Å². The molecule has 1 aliphatic rings. The molecule has 2 nitrogen and oxygen atoms in total. The fourth-order valence-corrected chi connectivity index (χ4v) is 3.01. The quantitative estimate of drug-likeness (QED) is 0.821. The lowest BCUT2D eigenvalue weighted by Crippen LogP contribution is -2.42. The highest BCUT2D eigenvalue weighted by molar-refractivity contribution is 8.00. The van der Waals surface area contributed by atoms with Crippen LogP contribution in [0.4, 0.5) is 0 Å². The summed E-state index contributed by atoms with van der Waals surface area (Å²) in [4.78, 5) is 2.60. The lowest BCUT2D eigenvalue weighted by atomic mass is 10.1. The zero-order valence-corrected chi connectivity index (χ0v) is 12.4. The van der Waals surface area contributed by atoms with Crippen LogP contribution in [0, 0.1) is 0 Å². The molecule has 0 radical (unpaired) electrons. The topological polar surface area (TPSA) is 15.3 Å². The molecule has 1 heterocycles. The maximum Gasteiger partial charge on any atom is 0.0116 e. The average Bonchev–Trinajstić information content (AvgIpc) is 2.26. The number of hydrogen-bond acceptors (Lipinski definition) is 3. The van der Waals surface area contributed by atoms with E-state index in [2.05, 4.69) is 56.6 Å². The number of nitrogens with one attached hydrogen (secondary N) is 1. The molecule has 1 aliphatic heterocycles. The first-order valence-corrected chi connectivity index (χ1v) is 7.38. The van der Waals surface area contributed by atoms with Gasteiger partial charge in [-0.2, -0.15) is 11.8 Å². The maximum absolute atomic E-state index is 3.56. The molecule has 1 fully saturated rings. The minimum Gasteiger partial charge on any atom is -0.311 e. The largest absolute Gasteiger partial charge is 0.311 e. The van der Waals surface area contributed by atoms with Gasteiger partial charge in [0.2, 0.25) is 0 Å². The molecule has 0 saturated carbocycles. The molecular weight excluding hydrogens is 216 g/mol. The molecule has 0 aromatic rings. The lowest BCUT2D eigenvalue weighted by Gasteiger charge is -2.25. The van der Waals surface area contributed by atoms with Gasteiger partial charge in [0.1, 0.15) is 0 Å². The van der Waals surface area contributed by atoms with Gasteiger partial charge < -0.3 is 10.2 Å². The zero-order chi connectivity index (χ0) is 12.2. The molecule has 3 heteroatoms. The highest BCUT2D eigenvalue weighted by Crippen LogP contribution is 2.30. The first-order valence-electron chi connectivity index (χ1n) is 6.40. The molecule has 16 heavy (non-hydrogen) atoms. The van der Waals surface area contributed by atoms with Gasteiger partial charge in [-0.1, -0.05) is 13.8 Å². The molecular formula is C13H28N2S. The minimum absolute atomic E-state index is 0.250. The van der Waals surface area contributed by atoms with Crippen LogP contribution in [-0.2, 0) is 0 Å². The fraction of sp³-hybridized carbons (Fsp3) is 1.00. The molecule has 1 saturated heterocycles. The van der Waals surface area contributed by atoms with E-state index in [0.29, 0.717) is 4.75 Å². The Morgan fingerprint density at radius 3 is 2.56 bits per heavy atom. The molecule has 96 valence electrons. The van der Waals surface area contributed by atoms with Crippen LogP contribution in [0.2, 0.25) is 0 Å². The summed E-state index contributed by atoms with van der Waals surface area (Å²) in [5.41, 5.74) is 0.250. The van der Waals surface area contributed by atoms with Gasteiger partial charge in [-0.05, 0) is 33.7 Å². The molecule has 0 atom stereocenters. The normalized spacial score (nSPS) is 23.1. The summed E-state index contributed by atoms with van der Waals surface area (Å²) in [5.74, 6) is 1.28. The van der Waals surface area contributed by atoms with E-state index in [0.717, 1.165) is 6.54 Å². The Kier molecular flexibility index (Phi) is 5.14. The standard InChI is InChI=1S/C13H28N2S/c1-12(2,3)14-7-9-15-8-6-13(4,5)16-11-10-15/h14H,6-11H2,1-5H3. The number of rotatable bonds is 3. The molecule has 0 bridgehead atoms. The van der Waals surface area contributed by atoms with Crippen molar-refractivity contribution in [2.24, 2.45) is 0 Å². The first-order chi connectivity index (χ1) is 7.29. The van der Waals surface area contributed by atoms with E-state index in [1.807, 2.05) is 0 Å². The Hall–Kier alpha value is 0.270. The van der Waals surface area contributed by atoms with Crippen LogP contribution in [0.15, 0.2) is 0 Å². The Balaban J connectivity index is 2.23. The SMILES string of the molecule is CC(C)(C)NCCN1CCSC(C)(C)CC1. The van der Waals surface area contributed by atoms with Gasteiger partial charge in [0.25, 0.3) is 0 Å². The minimum atomic E-state index is 0.250. The van der Waals surface area contributed by atoms with Crippen molar-refractivity contribution >= 4 is 11.8 Å². The van der Waals surface area contributed by atoms with Crippen LogP contribution in [0.3, 0.4) is 0 Å². The number of nitrogens with zero attached hydrogens (tertiary/aromatic N) is 1. The molecule has 0 aromatic carbocycles. The van der Waals surface area contributed by atoms with Gasteiger partial charge >= 0.3 is 0 Å². The van der Waals surface area contributed by atoms with Gasteiger partial charge in [0.05, 0.1) is 0 Å². The average molecular weight is 244 g/mol. The van der Waals surface area contributed by atoms with Crippen LogP contribution < -0.4 is 5.32 Å². The van der Waals surface area contributed by atoms with Crippen molar-refractivity contribution in [3.05, 3.63) is 0 Å². The third kappa shape index (κ3) is 6.12. The number of hydrogen-bond donors (Lipinski definition) is 1. The van der Waals surface area contributed by atoms with Gasteiger partial charge in [-0.15, -0.1) is 0 Å². The second-order valence-electron chi connectivity index (χ2n) is 6.38. The van der Waals surface area contributed by atoms with E-state index >= 15 is 0 Å². The predicted molar refractivity (Wildman–Crippen MR) is 75.3 cm³/mol. The maximum atomic E-state index is 3.56. The van der Waals surface area contributed by atoms with Crippen molar-refractivity contribution in [1.29, 1.82) is 0 Å². The predicted octanol–water partition coefficient (Wildman–Crippen LogP) is 2.59. The van der Waals surface area contributed by atoms with E-state index in [4.69, 9.17) is 0 Å². The van der Waals surface area contributed by atoms with Crippen LogP contribution in [0.25, 0.3) is 0 Å². The van der Waals surface area contributed by atoms with Gasteiger partial charge in [-0.3, -0.25) is 0 Å². The fourth-order valence-electron chi connectivity index (χ4n) is 1.87. The summed E-state index contributed by atoms with van der Waals surface area (Å²) in [6.45, 7) is 16.2. The van der Waals surface area contributed by atoms with Crippen molar-refractivity contribution in [1.82, 2.24) is 10.2 Å². The third-order valence-electron chi connectivity index (χ3n) is 3.01. The van der Waals surface area contributed by atoms with Crippen LogP contribution in [0.1, 0.15) is 41.0 Å². The summed E-state index contributed by atoms with van der Waals surface area (Å²) >= 11 is 2.12. The number of thioether (sulfide) groups is 1. The molecule has 1 rings (SSSR count). The van der Waals surface area contributed by atoms with Crippen molar-refractivity contribution in [3.63, 3.8) is 0 Å². The Morgan fingerprint density at radius 2 is 1.94 bits per heavy atom. The van der Waals surface area contributed by atoms with Crippen molar-refractivity contribution in [2.75, 3.05) is 31.9 Å². The van der Waals surface area contributed by atoms with E-state index < -0.39 is 0 Å². The Morgan fingerprint density at radius 1 is 1.25 bits per heavy atom. The summed E-state index contributed by atoms with van der Waals surface area (Å²) in [6.07, 6.45) is 1.31. The van der Waals surface area contributed by atoms with Crippen molar-refractivity contribution in [3.8, 4) is 0 Å². The molecule has 0 aliphatic carbocycles. The Bertz CT molecular complexity index is 208. The van der Waals surface area contributed by atoms with Crippen LogP contribution in [-0.4, -0.2) is 47.1 Å². The molecule has 0 spiro atoms. The highest BCUT2D eigenvalue weighted by atomic mass is 32.2. The molecule has 0 aromatic heterocycles. The van der Waals surface area contributed by atoms with E-state index in [-0.39, 0.29) is 5.54 Å². The van der Waals surface area contributed by atoms with Crippen molar-refractivity contribution < 1.29 is 0 Å². The van der Waals surface area contributed by atoms with E-state index in [9.17, 15) is 0 Å². The zero-order valence-electron chi connectivity index (χ0n) is 11.6. The second kappa shape index (κ2) is 5.74. The van der Waals surface area contributed by atoms with Crippen LogP contribution in [0.5, 0.6) is 0 Å². The summed E-state index contributed by atoms with van der Waals surface area (Å²) in [5, 5.41) is 3.56. The smallest absolute Gasteiger partial charge is 0.0116 e. The van der Waals surface area contributed by atoms with Crippen LogP contribution >= 0.6 is 11.8 Å². The van der Waals surface area contributed by atoms with E-state index in [1.54, 1.807) is 0 Å². The second-order valence-corrected chi connectivity index (χ2v) is 8.18.